The fourth-order valence-electron chi connectivity index (χ4n) is 0.192. The molecule has 36 valence electrons. The van der Waals surface area contributed by atoms with E-state index in [0.29, 0.717) is 0 Å². The van der Waals surface area contributed by atoms with E-state index in [0.717, 1.165) is 0 Å². The number of rotatable bonds is 0. The van der Waals surface area contributed by atoms with E-state index >= 15 is 0 Å². The van der Waals surface area contributed by atoms with Gasteiger partial charge in [0, 0.05) is 6.20 Å². The molecule has 1 rings (SSSR count). The van der Waals surface area contributed by atoms with E-state index in [4.69, 9.17) is 0 Å². The van der Waals surface area contributed by atoms with Crippen LogP contribution in [0.4, 0.5) is 0 Å². The van der Waals surface area contributed by atoms with Gasteiger partial charge in [-0.2, -0.15) is 6.20 Å². The van der Waals surface area contributed by atoms with Crippen molar-refractivity contribution in [1.82, 2.24) is 10.2 Å². The molecule has 2 nitrogen and oxygen atoms in total. The summed E-state index contributed by atoms with van der Waals surface area (Å²) in [6, 6.07) is 1.78. The molecule has 1 aromatic heterocycles. The van der Waals surface area contributed by atoms with Crippen LogP contribution in [-0.4, -0.2) is 5.10 Å². The molecule has 0 atom stereocenters. The van der Waals surface area contributed by atoms with Crippen LogP contribution < -0.4 is 5.10 Å². The average Bonchev–Trinajstić information content (AvgIpc) is 1.76. The second kappa shape index (κ2) is 3.15. The Labute approximate surface area is 51.5 Å². The van der Waals surface area contributed by atoms with Crippen molar-refractivity contribution in [1.29, 1.82) is 0 Å². The molecule has 0 spiro atoms. The zero-order valence-electron chi connectivity index (χ0n) is 2.93. The summed E-state index contributed by atoms with van der Waals surface area (Å²) >= 11 is 0. The number of aromatic nitrogens is 2. The SMILES string of the molecule is [Ag+].c1cn[n-]c1. The molecule has 0 fully saturated rings. The standard InChI is InChI=1S/C3H3N2.Ag/c1-2-4-5-3-1;/h1-3H;/q-1;+1. The number of nitrogens with zero attached hydrogens (tertiary/aromatic N) is 2. The van der Waals surface area contributed by atoms with Crippen LogP contribution in [0.1, 0.15) is 0 Å². The predicted molar refractivity (Wildman–Crippen MR) is 17.6 cm³/mol. The molecule has 0 aliphatic carbocycles. The Morgan fingerprint density at radius 2 is 2.33 bits per heavy atom. The van der Waals surface area contributed by atoms with Gasteiger partial charge in [-0.3, -0.25) is 0 Å². The molecule has 0 amide bonds. The van der Waals surface area contributed by atoms with E-state index in [-0.39, 0.29) is 22.4 Å². The van der Waals surface area contributed by atoms with Gasteiger partial charge in [-0.1, -0.05) is 6.07 Å². The van der Waals surface area contributed by atoms with Gasteiger partial charge in [0.05, 0.1) is 0 Å². The van der Waals surface area contributed by atoms with E-state index in [2.05, 4.69) is 10.2 Å². The van der Waals surface area contributed by atoms with E-state index in [1.165, 1.54) is 0 Å². The van der Waals surface area contributed by atoms with Gasteiger partial charge < -0.3 is 10.2 Å². The van der Waals surface area contributed by atoms with Crippen molar-refractivity contribution in [2.45, 2.75) is 0 Å². The van der Waals surface area contributed by atoms with Crippen molar-refractivity contribution in [2.75, 3.05) is 0 Å². The average molecular weight is 175 g/mol. The van der Waals surface area contributed by atoms with Gasteiger partial charge in [0.15, 0.2) is 0 Å². The quantitative estimate of drug-likeness (QED) is 0.520. The van der Waals surface area contributed by atoms with Gasteiger partial charge in [0.2, 0.25) is 0 Å². The topological polar surface area (TPSA) is 27.0 Å². The smallest absolute Gasteiger partial charge is 0.582 e. The molecule has 1 aromatic rings. The summed E-state index contributed by atoms with van der Waals surface area (Å²) in [6.45, 7) is 0. The Kier molecular flexibility index (Phi) is 3.13. The fraction of sp³-hybridized carbons (Fsp3) is 0. The van der Waals surface area contributed by atoms with Crippen molar-refractivity contribution >= 4 is 0 Å². The molecule has 0 radical (unpaired) electrons. The van der Waals surface area contributed by atoms with Crippen LogP contribution in [-0.2, 0) is 22.4 Å². The molecule has 0 aliphatic heterocycles. The predicted octanol–water partition coefficient (Wildman–Crippen LogP) is 0.0363. The third kappa shape index (κ3) is 1.40. The summed E-state index contributed by atoms with van der Waals surface area (Å²) in [7, 11) is 0. The van der Waals surface area contributed by atoms with Crippen LogP contribution in [0.15, 0.2) is 18.5 Å². The molecule has 1 heterocycles. The number of hydrogen-bond donors (Lipinski definition) is 0. The fourth-order valence-corrected chi connectivity index (χ4v) is 0.192. The third-order valence-corrected chi connectivity index (χ3v) is 0.372. The van der Waals surface area contributed by atoms with E-state index in [1.807, 2.05) is 0 Å². The minimum absolute atomic E-state index is 0. The first kappa shape index (κ1) is 5.95. The maximum Gasteiger partial charge on any atom is 1.00 e. The van der Waals surface area contributed by atoms with Crippen molar-refractivity contribution in [3.8, 4) is 0 Å². The van der Waals surface area contributed by atoms with Crippen LogP contribution in [0.5, 0.6) is 0 Å². The third-order valence-electron chi connectivity index (χ3n) is 0.372. The van der Waals surface area contributed by atoms with E-state index < -0.39 is 0 Å². The molecule has 0 aromatic carbocycles. The molecule has 0 saturated heterocycles. The van der Waals surface area contributed by atoms with Crippen LogP contribution >= 0.6 is 0 Å². The molecule has 3 heteroatoms. The van der Waals surface area contributed by atoms with Gasteiger partial charge in [0.25, 0.3) is 0 Å². The van der Waals surface area contributed by atoms with Gasteiger partial charge in [-0.05, 0) is 0 Å². The van der Waals surface area contributed by atoms with Gasteiger partial charge in [-0.25, -0.2) is 0 Å². The molecular weight excluding hydrogens is 172 g/mol. The van der Waals surface area contributed by atoms with Crippen molar-refractivity contribution < 1.29 is 22.4 Å². The Bertz CT molecular complexity index is 65.3. The molecule has 0 saturated carbocycles. The Hall–Kier alpha value is -0.0497. The maximum atomic E-state index is 3.47. The summed E-state index contributed by atoms with van der Waals surface area (Å²) in [5, 5.41) is 6.94. The Morgan fingerprint density at radius 3 is 2.50 bits per heavy atom. The van der Waals surface area contributed by atoms with Crippen molar-refractivity contribution in [3.63, 3.8) is 0 Å². The van der Waals surface area contributed by atoms with Gasteiger partial charge >= 0.3 is 22.4 Å². The van der Waals surface area contributed by atoms with Crippen LogP contribution in [0.2, 0.25) is 0 Å². The molecule has 0 aliphatic rings. The summed E-state index contributed by atoms with van der Waals surface area (Å²) in [4.78, 5) is 0. The van der Waals surface area contributed by atoms with E-state index in [9.17, 15) is 0 Å². The second-order valence-corrected chi connectivity index (χ2v) is 0.722. The summed E-state index contributed by atoms with van der Waals surface area (Å²) in [5.74, 6) is 0. The normalized spacial score (nSPS) is 6.67. The minimum atomic E-state index is 0. The monoisotopic (exact) mass is 174 g/mol. The van der Waals surface area contributed by atoms with Gasteiger partial charge in [-0.15, -0.1) is 0 Å². The summed E-state index contributed by atoms with van der Waals surface area (Å²) in [5.41, 5.74) is 0. The molecule has 0 unspecified atom stereocenters. The zero-order chi connectivity index (χ0) is 3.54. The first-order valence-corrected chi connectivity index (χ1v) is 1.38. The Balaban J connectivity index is 0.000000250. The van der Waals surface area contributed by atoms with Gasteiger partial charge in [0.1, 0.15) is 0 Å². The molecular formula is C3H3AgN2. The minimum Gasteiger partial charge on any atom is -0.582 e. The van der Waals surface area contributed by atoms with Crippen LogP contribution in [0.3, 0.4) is 0 Å². The van der Waals surface area contributed by atoms with Crippen LogP contribution in [0, 0.1) is 0 Å². The van der Waals surface area contributed by atoms with Crippen molar-refractivity contribution in [2.24, 2.45) is 0 Å². The first-order chi connectivity index (χ1) is 2.50. The summed E-state index contributed by atoms with van der Waals surface area (Å²) < 4.78 is 0. The van der Waals surface area contributed by atoms with Crippen molar-refractivity contribution in [3.05, 3.63) is 18.5 Å². The molecule has 0 bridgehead atoms. The second-order valence-electron chi connectivity index (χ2n) is 0.722. The number of hydrogen-bond acceptors (Lipinski definition) is 1. The Morgan fingerprint density at radius 1 is 1.50 bits per heavy atom. The van der Waals surface area contributed by atoms with Crippen LogP contribution in [0.25, 0.3) is 0 Å². The largest absolute Gasteiger partial charge is 1.00 e. The van der Waals surface area contributed by atoms with E-state index in [1.54, 1.807) is 18.5 Å². The molecule has 0 N–H and O–H groups in total. The summed E-state index contributed by atoms with van der Waals surface area (Å²) in [6.07, 6.45) is 3.28. The molecule has 6 heavy (non-hydrogen) atoms. The maximum absolute atomic E-state index is 3.47. The zero-order valence-corrected chi connectivity index (χ0v) is 4.41. The first-order valence-electron chi connectivity index (χ1n) is 1.38.